The van der Waals surface area contributed by atoms with Crippen molar-refractivity contribution in [3.63, 3.8) is 0 Å². The Morgan fingerprint density at radius 1 is 1.20 bits per heavy atom. The van der Waals surface area contributed by atoms with Gasteiger partial charge in [-0.2, -0.15) is 10.2 Å². The maximum Gasteiger partial charge on any atom is 0.258 e. The van der Waals surface area contributed by atoms with E-state index in [1.807, 2.05) is 13.0 Å². The molecule has 0 bridgehead atoms. The Bertz CT molecular complexity index is 821. The number of hydrogen-bond acceptors (Lipinski definition) is 5. The summed E-state index contributed by atoms with van der Waals surface area (Å²) in [6.07, 6.45) is 0. The fraction of sp³-hybridized carbons (Fsp3) is 0.222. The molecule has 7 heteroatoms. The predicted molar refractivity (Wildman–Crippen MR) is 96.8 cm³/mol. The molecule has 25 heavy (non-hydrogen) atoms. The van der Waals surface area contributed by atoms with Crippen LogP contribution in [0.15, 0.2) is 52.7 Å². The SMILES string of the molecule is COc1ccccc1NC(=O)C(N=Nc1ccc(C)cc1Cl)C(C)=O. The van der Waals surface area contributed by atoms with Gasteiger partial charge in [0.05, 0.1) is 17.8 Å². The minimum absolute atomic E-state index is 0.392. The van der Waals surface area contributed by atoms with Gasteiger partial charge in [0.1, 0.15) is 11.4 Å². The first-order valence-electron chi connectivity index (χ1n) is 7.53. The lowest BCUT2D eigenvalue weighted by Crippen LogP contribution is -2.31. The van der Waals surface area contributed by atoms with Crippen LogP contribution in [-0.2, 0) is 9.59 Å². The van der Waals surface area contributed by atoms with Crippen molar-refractivity contribution in [1.29, 1.82) is 0 Å². The van der Waals surface area contributed by atoms with Gasteiger partial charge in [-0.15, -0.1) is 0 Å². The zero-order chi connectivity index (χ0) is 18.4. The minimum atomic E-state index is -1.28. The van der Waals surface area contributed by atoms with Crippen LogP contribution < -0.4 is 10.1 Å². The molecule has 0 heterocycles. The summed E-state index contributed by atoms with van der Waals surface area (Å²) >= 11 is 6.09. The second kappa shape index (κ2) is 8.39. The summed E-state index contributed by atoms with van der Waals surface area (Å²) in [5.74, 6) is -0.542. The largest absolute Gasteiger partial charge is 0.495 e. The van der Waals surface area contributed by atoms with Gasteiger partial charge in [-0.05, 0) is 43.7 Å². The Morgan fingerprint density at radius 2 is 1.92 bits per heavy atom. The number of benzene rings is 2. The first kappa shape index (κ1) is 18.6. The average Bonchev–Trinajstić information content (AvgIpc) is 2.57. The Hall–Kier alpha value is -2.73. The Balaban J connectivity index is 2.21. The van der Waals surface area contributed by atoms with Crippen molar-refractivity contribution in [3.05, 3.63) is 53.1 Å². The third kappa shape index (κ3) is 4.87. The molecule has 0 radical (unpaired) electrons. The van der Waals surface area contributed by atoms with Gasteiger partial charge in [0.25, 0.3) is 5.91 Å². The number of carbonyl (C=O) groups is 2. The number of hydrogen-bond donors (Lipinski definition) is 1. The second-order valence-corrected chi connectivity index (χ2v) is 5.78. The summed E-state index contributed by atoms with van der Waals surface area (Å²) in [7, 11) is 1.49. The van der Waals surface area contributed by atoms with Crippen molar-refractivity contribution in [1.82, 2.24) is 0 Å². The molecule has 0 saturated heterocycles. The smallest absolute Gasteiger partial charge is 0.258 e. The van der Waals surface area contributed by atoms with Gasteiger partial charge in [-0.25, -0.2) is 0 Å². The van der Waals surface area contributed by atoms with Crippen LogP contribution in [0.2, 0.25) is 5.02 Å². The molecule has 130 valence electrons. The number of azo groups is 1. The van der Waals surface area contributed by atoms with Crippen LogP contribution in [0.4, 0.5) is 11.4 Å². The fourth-order valence-corrected chi connectivity index (χ4v) is 2.35. The number of rotatable bonds is 6. The van der Waals surface area contributed by atoms with E-state index in [9.17, 15) is 9.59 Å². The number of anilines is 1. The predicted octanol–water partition coefficient (Wildman–Crippen LogP) is 4.34. The number of amides is 1. The maximum absolute atomic E-state index is 12.4. The molecule has 1 unspecified atom stereocenters. The summed E-state index contributed by atoms with van der Waals surface area (Å²) in [6.45, 7) is 3.17. The van der Waals surface area contributed by atoms with Crippen molar-refractivity contribution in [3.8, 4) is 5.75 Å². The van der Waals surface area contributed by atoms with Crippen LogP contribution in [0, 0.1) is 6.92 Å². The zero-order valence-electron chi connectivity index (χ0n) is 14.1. The number of methoxy groups -OCH3 is 1. The second-order valence-electron chi connectivity index (χ2n) is 5.37. The number of halogens is 1. The molecule has 0 aliphatic heterocycles. The van der Waals surface area contributed by atoms with Gasteiger partial charge < -0.3 is 10.1 Å². The van der Waals surface area contributed by atoms with E-state index >= 15 is 0 Å². The Labute approximate surface area is 150 Å². The summed E-state index contributed by atoms with van der Waals surface area (Å²) in [6, 6.07) is 10.8. The lowest BCUT2D eigenvalue weighted by Gasteiger charge is -2.12. The molecule has 0 spiro atoms. The molecule has 1 N–H and O–H groups in total. The van der Waals surface area contributed by atoms with Gasteiger partial charge in [0, 0.05) is 0 Å². The Morgan fingerprint density at radius 3 is 2.56 bits per heavy atom. The van der Waals surface area contributed by atoms with Crippen molar-refractivity contribution >= 4 is 34.7 Å². The zero-order valence-corrected chi connectivity index (χ0v) is 14.9. The molecule has 2 aromatic rings. The molecule has 0 aliphatic rings. The van der Waals surface area contributed by atoms with E-state index in [2.05, 4.69) is 15.5 Å². The molecule has 0 aromatic heterocycles. The van der Waals surface area contributed by atoms with Gasteiger partial charge in [0.2, 0.25) is 6.04 Å². The summed E-state index contributed by atoms with van der Waals surface area (Å²) in [5.41, 5.74) is 1.81. The highest BCUT2D eigenvalue weighted by Gasteiger charge is 2.24. The Kier molecular flexibility index (Phi) is 6.25. The molecule has 1 atom stereocenters. The third-order valence-corrected chi connectivity index (χ3v) is 3.69. The van der Waals surface area contributed by atoms with E-state index in [0.29, 0.717) is 22.1 Å². The van der Waals surface area contributed by atoms with E-state index in [1.54, 1.807) is 36.4 Å². The van der Waals surface area contributed by atoms with E-state index < -0.39 is 17.7 Å². The minimum Gasteiger partial charge on any atom is -0.495 e. The van der Waals surface area contributed by atoms with Crippen LogP contribution in [0.5, 0.6) is 5.75 Å². The van der Waals surface area contributed by atoms with Crippen molar-refractivity contribution in [2.45, 2.75) is 19.9 Å². The van der Waals surface area contributed by atoms with Gasteiger partial charge in [-0.1, -0.05) is 29.8 Å². The molecule has 1 amide bonds. The fourth-order valence-electron chi connectivity index (χ4n) is 2.08. The normalized spacial score (nSPS) is 12.0. The highest BCUT2D eigenvalue weighted by molar-refractivity contribution is 6.33. The van der Waals surface area contributed by atoms with Gasteiger partial charge >= 0.3 is 0 Å². The van der Waals surface area contributed by atoms with Crippen LogP contribution in [0.25, 0.3) is 0 Å². The van der Waals surface area contributed by atoms with Gasteiger partial charge in [0.15, 0.2) is 5.78 Å². The van der Waals surface area contributed by atoms with Crippen LogP contribution in [0.3, 0.4) is 0 Å². The van der Waals surface area contributed by atoms with Crippen LogP contribution in [-0.4, -0.2) is 24.8 Å². The molecule has 0 aliphatic carbocycles. The molecular formula is C18H18ClN3O3. The summed E-state index contributed by atoms with van der Waals surface area (Å²) < 4.78 is 5.17. The van der Waals surface area contributed by atoms with Crippen molar-refractivity contribution in [2.24, 2.45) is 10.2 Å². The number of carbonyl (C=O) groups excluding carboxylic acids is 2. The highest BCUT2D eigenvalue weighted by Crippen LogP contribution is 2.27. The lowest BCUT2D eigenvalue weighted by atomic mass is 10.2. The summed E-state index contributed by atoms with van der Waals surface area (Å²) in [4.78, 5) is 24.2. The van der Waals surface area contributed by atoms with Crippen molar-refractivity contribution in [2.75, 3.05) is 12.4 Å². The third-order valence-electron chi connectivity index (χ3n) is 3.38. The first-order chi connectivity index (χ1) is 11.9. The molecule has 0 saturated carbocycles. The topological polar surface area (TPSA) is 80.1 Å². The highest BCUT2D eigenvalue weighted by atomic mass is 35.5. The quantitative estimate of drug-likeness (QED) is 0.615. The molecule has 2 aromatic carbocycles. The van der Waals surface area contributed by atoms with E-state index in [0.717, 1.165) is 5.56 Å². The maximum atomic E-state index is 12.4. The van der Waals surface area contributed by atoms with Gasteiger partial charge in [-0.3, -0.25) is 9.59 Å². The lowest BCUT2D eigenvalue weighted by molar-refractivity contribution is -0.126. The number of aryl methyl sites for hydroxylation is 1. The van der Waals surface area contributed by atoms with Crippen LogP contribution in [0.1, 0.15) is 12.5 Å². The molecular weight excluding hydrogens is 342 g/mol. The number of nitrogens with zero attached hydrogens (tertiary/aromatic N) is 2. The molecule has 0 fully saturated rings. The number of para-hydroxylation sites is 2. The van der Waals surface area contributed by atoms with E-state index in [-0.39, 0.29) is 0 Å². The number of Topliss-reactive ketones (excluding diaryl/α,β-unsaturated/α-hetero) is 1. The number of nitrogens with one attached hydrogen (secondary N) is 1. The average molecular weight is 360 g/mol. The van der Waals surface area contributed by atoms with E-state index in [4.69, 9.17) is 16.3 Å². The number of ether oxygens (including phenoxy) is 1. The van der Waals surface area contributed by atoms with Crippen molar-refractivity contribution < 1.29 is 14.3 Å². The monoisotopic (exact) mass is 359 g/mol. The number of ketones is 1. The summed E-state index contributed by atoms with van der Waals surface area (Å²) in [5, 5.41) is 10.9. The standard InChI is InChI=1S/C18H18ClN3O3/c1-11-8-9-14(13(19)10-11)21-22-17(12(2)23)18(24)20-15-6-4-5-7-16(15)25-3/h4-10,17H,1-3H3,(H,20,24). The van der Waals surface area contributed by atoms with Crippen LogP contribution >= 0.6 is 11.6 Å². The first-order valence-corrected chi connectivity index (χ1v) is 7.91. The molecule has 6 nitrogen and oxygen atoms in total. The van der Waals surface area contributed by atoms with E-state index in [1.165, 1.54) is 14.0 Å². The molecule has 2 rings (SSSR count).